The number of benzene rings is 1. The lowest BCUT2D eigenvalue weighted by atomic mass is 9.85. The number of aromatic nitrogens is 1. The van der Waals surface area contributed by atoms with E-state index in [1.54, 1.807) is 7.11 Å². The van der Waals surface area contributed by atoms with Gasteiger partial charge in [-0.05, 0) is 30.5 Å². The molecule has 1 atom stereocenters. The number of rotatable bonds is 4. The average Bonchev–Trinajstić information content (AvgIpc) is 2.98. The minimum atomic E-state index is -0.209. The zero-order valence-electron chi connectivity index (χ0n) is 11.8. The second kappa shape index (κ2) is 5.48. The summed E-state index contributed by atoms with van der Waals surface area (Å²) in [6, 6.07) is 10.2. The molecule has 0 saturated heterocycles. The molecular formula is C16H21N3O. The van der Waals surface area contributed by atoms with Gasteiger partial charge in [0.1, 0.15) is 0 Å². The third-order valence-corrected chi connectivity index (χ3v) is 4.54. The van der Waals surface area contributed by atoms with E-state index >= 15 is 0 Å². The van der Waals surface area contributed by atoms with Crippen molar-refractivity contribution in [1.82, 2.24) is 10.4 Å². The highest BCUT2D eigenvalue weighted by Crippen LogP contribution is 2.43. The lowest BCUT2D eigenvalue weighted by molar-refractivity contribution is -0.0365. The summed E-state index contributed by atoms with van der Waals surface area (Å²) in [5.41, 5.74) is 4.95. The zero-order valence-corrected chi connectivity index (χ0v) is 11.8. The number of methoxy groups -OCH3 is 1. The van der Waals surface area contributed by atoms with Gasteiger partial charge >= 0.3 is 0 Å². The molecule has 1 aromatic heterocycles. The quantitative estimate of drug-likeness (QED) is 0.663. The van der Waals surface area contributed by atoms with Crippen molar-refractivity contribution < 1.29 is 4.74 Å². The van der Waals surface area contributed by atoms with Crippen molar-refractivity contribution in [1.29, 1.82) is 0 Å². The van der Waals surface area contributed by atoms with Crippen molar-refractivity contribution in [2.24, 2.45) is 5.84 Å². The summed E-state index contributed by atoms with van der Waals surface area (Å²) in [6.07, 6.45) is 6.27. The largest absolute Gasteiger partial charge is 0.376 e. The van der Waals surface area contributed by atoms with Crippen LogP contribution in [0.1, 0.15) is 37.3 Å². The van der Waals surface area contributed by atoms with E-state index in [1.165, 1.54) is 18.4 Å². The molecule has 20 heavy (non-hydrogen) atoms. The lowest BCUT2D eigenvalue weighted by Gasteiger charge is -2.36. The van der Waals surface area contributed by atoms with E-state index in [1.807, 2.05) is 24.4 Å². The molecule has 1 aromatic carbocycles. The Hall–Kier alpha value is -1.49. The van der Waals surface area contributed by atoms with Crippen LogP contribution in [0, 0.1) is 0 Å². The summed E-state index contributed by atoms with van der Waals surface area (Å²) >= 11 is 0. The second-order valence-electron chi connectivity index (χ2n) is 5.49. The van der Waals surface area contributed by atoms with Gasteiger partial charge in [-0.15, -0.1) is 0 Å². The van der Waals surface area contributed by atoms with Crippen LogP contribution in [0.4, 0.5) is 0 Å². The smallest absolute Gasteiger partial charge is 0.0885 e. The predicted molar refractivity (Wildman–Crippen MR) is 80.0 cm³/mol. The van der Waals surface area contributed by atoms with E-state index in [0.717, 1.165) is 23.7 Å². The Morgan fingerprint density at radius 2 is 2.05 bits per heavy atom. The Bertz CT molecular complexity index is 588. The summed E-state index contributed by atoms with van der Waals surface area (Å²) in [4.78, 5) is 4.42. The maximum Gasteiger partial charge on any atom is 0.0885 e. The molecule has 0 spiro atoms. The van der Waals surface area contributed by atoms with Crippen LogP contribution in [0.25, 0.3) is 10.9 Å². The SMILES string of the molecule is COC1(C(NN)c2cccc3ncccc23)CCCC1. The van der Waals surface area contributed by atoms with E-state index in [0.29, 0.717) is 0 Å². The normalized spacial score (nSPS) is 19.3. The van der Waals surface area contributed by atoms with Gasteiger partial charge in [-0.25, -0.2) is 0 Å². The van der Waals surface area contributed by atoms with Crippen LogP contribution >= 0.6 is 0 Å². The molecule has 1 unspecified atom stereocenters. The van der Waals surface area contributed by atoms with Crippen LogP contribution in [0.15, 0.2) is 36.5 Å². The fraction of sp³-hybridized carbons (Fsp3) is 0.438. The van der Waals surface area contributed by atoms with Crippen LogP contribution in [-0.4, -0.2) is 17.7 Å². The molecule has 1 aliphatic rings. The Morgan fingerprint density at radius 3 is 2.75 bits per heavy atom. The van der Waals surface area contributed by atoms with Gasteiger partial charge in [0.2, 0.25) is 0 Å². The maximum atomic E-state index is 5.89. The van der Waals surface area contributed by atoms with Gasteiger partial charge in [0, 0.05) is 18.7 Å². The van der Waals surface area contributed by atoms with E-state index in [9.17, 15) is 0 Å². The first-order chi connectivity index (χ1) is 9.80. The predicted octanol–water partition coefficient (Wildman–Crippen LogP) is 2.70. The Balaban J connectivity index is 2.12. The van der Waals surface area contributed by atoms with Crippen molar-refractivity contribution in [2.75, 3.05) is 7.11 Å². The number of nitrogens with one attached hydrogen (secondary N) is 1. The highest BCUT2D eigenvalue weighted by atomic mass is 16.5. The number of pyridine rings is 1. The van der Waals surface area contributed by atoms with Gasteiger partial charge in [0.05, 0.1) is 17.2 Å². The van der Waals surface area contributed by atoms with Crippen molar-refractivity contribution in [3.8, 4) is 0 Å². The van der Waals surface area contributed by atoms with Crippen molar-refractivity contribution in [3.63, 3.8) is 0 Å². The fourth-order valence-corrected chi connectivity index (χ4v) is 3.49. The number of nitrogens with zero attached hydrogens (tertiary/aromatic N) is 1. The summed E-state index contributed by atoms with van der Waals surface area (Å²) in [5, 5.41) is 1.14. The second-order valence-corrected chi connectivity index (χ2v) is 5.49. The number of ether oxygens (including phenoxy) is 1. The van der Waals surface area contributed by atoms with Gasteiger partial charge in [-0.1, -0.05) is 31.0 Å². The van der Waals surface area contributed by atoms with Gasteiger partial charge in [-0.3, -0.25) is 16.3 Å². The molecule has 1 aliphatic carbocycles. The highest BCUT2D eigenvalue weighted by Gasteiger charge is 2.42. The molecule has 0 amide bonds. The summed E-state index contributed by atoms with van der Waals surface area (Å²) in [6.45, 7) is 0. The summed E-state index contributed by atoms with van der Waals surface area (Å²) in [7, 11) is 1.79. The standard InChI is InChI=1S/C16H21N3O/c1-20-16(9-2-3-10-16)15(19-17)13-6-4-8-14-12(13)7-5-11-18-14/h4-8,11,15,19H,2-3,9-10,17H2,1H3. The minimum absolute atomic E-state index is 0.0112. The van der Waals surface area contributed by atoms with E-state index in [4.69, 9.17) is 10.6 Å². The van der Waals surface area contributed by atoms with Gasteiger partial charge in [-0.2, -0.15) is 0 Å². The van der Waals surface area contributed by atoms with Crippen molar-refractivity contribution in [2.45, 2.75) is 37.3 Å². The molecule has 0 aliphatic heterocycles. The molecule has 106 valence electrons. The third kappa shape index (κ3) is 2.10. The van der Waals surface area contributed by atoms with Crippen LogP contribution in [0.2, 0.25) is 0 Å². The molecule has 1 fully saturated rings. The molecule has 0 radical (unpaired) electrons. The van der Waals surface area contributed by atoms with Crippen LogP contribution in [-0.2, 0) is 4.74 Å². The van der Waals surface area contributed by atoms with E-state index < -0.39 is 0 Å². The topological polar surface area (TPSA) is 60.2 Å². The first-order valence-electron chi connectivity index (χ1n) is 7.16. The van der Waals surface area contributed by atoms with Gasteiger partial charge in [0.25, 0.3) is 0 Å². The van der Waals surface area contributed by atoms with Crippen molar-refractivity contribution in [3.05, 3.63) is 42.1 Å². The monoisotopic (exact) mass is 271 g/mol. The number of hydrogen-bond donors (Lipinski definition) is 2. The van der Waals surface area contributed by atoms with Gasteiger partial charge in [0.15, 0.2) is 0 Å². The van der Waals surface area contributed by atoms with Gasteiger partial charge < -0.3 is 4.74 Å². The molecule has 1 saturated carbocycles. The summed E-state index contributed by atoms with van der Waals surface area (Å²) in [5.74, 6) is 5.89. The van der Waals surface area contributed by atoms with Crippen LogP contribution in [0.5, 0.6) is 0 Å². The number of fused-ring (bicyclic) bond motifs is 1. The Kier molecular flexibility index (Phi) is 3.70. The number of nitrogens with two attached hydrogens (primary N) is 1. The number of hydrazine groups is 1. The van der Waals surface area contributed by atoms with E-state index in [2.05, 4.69) is 22.5 Å². The molecule has 3 N–H and O–H groups in total. The highest BCUT2D eigenvalue weighted by molar-refractivity contribution is 5.82. The zero-order chi connectivity index (χ0) is 14.0. The Morgan fingerprint density at radius 1 is 1.25 bits per heavy atom. The molecular weight excluding hydrogens is 250 g/mol. The molecule has 4 heteroatoms. The third-order valence-electron chi connectivity index (χ3n) is 4.54. The summed E-state index contributed by atoms with van der Waals surface area (Å²) < 4.78 is 5.89. The average molecular weight is 271 g/mol. The fourth-order valence-electron chi connectivity index (χ4n) is 3.49. The van der Waals surface area contributed by atoms with E-state index in [-0.39, 0.29) is 11.6 Å². The van der Waals surface area contributed by atoms with Crippen molar-refractivity contribution >= 4 is 10.9 Å². The molecule has 0 bridgehead atoms. The minimum Gasteiger partial charge on any atom is -0.376 e. The first kappa shape index (κ1) is 13.5. The lowest BCUT2D eigenvalue weighted by Crippen LogP contribution is -2.46. The molecule has 3 rings (SSSR count). The Labute approximate surface area is 119 Å². The number of hydrogen-bond acceptors (Lipinski definition) is 4. The molecule has 1 heterocycles. The molecule has 2 aromatic rings. The molecule has 4 nitrogen and oxygen atoms in total. The van der Waals surface area contributed by atoms with Crippen LogP contribution in [0.3, 0.4) is 0 Å². The first-order valence-corrected chi connectivity index (χ1v) is 7.16. The maximum absolute atomic E-state index is 5.89. The van der Waals surface area contributed by atoms with Crippen LogP contribution < -0.4 is 11.3 Å².